The fraction of sp³-hybridized carbons (Fsp3) is 0.409. The highest BCUT2D eigenvalue weighted by molar-refractivity contribution is 7.13. The number of aliphatic hydroxyl groups excluding tert-OH is 1. The third kappa shape index (κ3) is 4.49. The van der Waals surface area contributed by atoms with Crippen molar-refractivity contribution in [2.75, 3.05) is 13.1 Å². The number of piperidine rings is 1. The van der Waals surface area contributed by atoms with E-state index < -0.39 is 0 Å². The van der Waals surface area contributed by atoms with Gasteiger partial charge in [0, 0.05) is 6.54 Å². The van der Waals surface area contributed by atoms with E-state index in [1.807, 2.05) is 42.6 Å². The maximum atomic E-state index is 10.6. The molecule has 1 atom stereocenters. The Hall–Kier alpha value is -1.95. The van der Waals surface area contributed by atoms with Gasteiger partial charge < -0.3 is 9.52 Å². The molecule has 1 aliphatic heterocycles. The van der Waals surface area contributed by atoms with E-state index in [1.165, 1.54) is 5.56 Å². The number of likely N-dealkylation sites (tertiary alicyclic amines) is 1. The summed E-state index contributed by atoms with van der Waals surface area (Å²) in [5.41, 5.74) is 2.24. The van der Waals surface area contributed by atoms with Gasteiger partial charge in [-0.05, 0) is 62.2 Å². The molecule has 0 aliphatic carbocycles. The topological polar surface area (TPSA) is 49.5 Å². The zero-order valence-electron chi connectivity index (χ0n) is 15.7. The molecule has 3 heterocycles. The minimum Gasteiger partial charge on any atom is -0.440 e. The van der Waals surface area contributed by atoms with Crippen LogP contribution in [-0.4, -0.2) is 34.2 Å². The first-order valence-electron chi connectivity index (χ1n) is 9.63. The molecule has 4 nitrogen and oxygen atoms in total. The molecule has 3 aromatic rings. The van der Waals surface area contributed by atoms with Gasteiger partial charge in [-0.3, -0.25) is 4.90 Å². The normalized spacial score (nSPS) is 17.3. The second-order valence-electron chi connectivity index (χ2n) is 7.37. The summed E-state index contributed by atoms with van der Waals surface area (Å²) < 4.78 is 5.86. The van der Waals surface area contributed by atoms with E-state index in [4.69, 9.17) is 9.40 Å². The third-order valence-electron chi connectivity index (χ3n) is 5.46. The van der Waals surface area contributed by atoms with Crippen molar-refractivity contribution in [3.63, 3.8) is 0 Å². The number of oxazole rings is 1. The van der Waals surface area contributed by atoms with Crippen molar-refractivity contribution < 1.29 is 9.52 Å². The van der Waals surface area contributed by atoms with Crippen LogP contribution in [0.3, 0.4) is 0 Å². The third-order valence-corrected chi connectivity index (χ3v) is 6.32. The maximum Gasteiger partial charge on any atom is 0.236 e. The van der Waals surface area contributed by atoms with Gasteiger partial charge >= 0.3 is 0 Å². The average Bonchev–Trinajstić information content (AvgIpc) is 3.34. The highest BCUT2D eigenvalue weighted by atomic mass is 32.1. The lowest BCUT2D eigenvalue weighted by Crippen LogP contribution is -2.38. The summed E-state index contributed by atoms with van der Waals surface area (Å²) in [5.74, 6) is 2.01. The van der Waals surface area contributed by atoms with Gasteiger partial charge in [0.2, 0.25) is 5.89 Å². The van der Waals surface area contributed by atoms with Crippen molar-refractivity contribution in [2.45, 2.75) is 38.8 Å². The summed E-state index contributed by atoms with van der Waals surface area (Å²) >= 11 is 1.65. The summed E-state index contributed by atoms with van der Waals surface area (Å²) in [6.07, 6.45) is 2.55. The molecular weight excluding hydrogens is 356 g/mol. The fourth-order valence-corrected chi connectivity index (χ4v) is 4.46. The van der Waals surface area contributed by atoms with Gasteiger partial charge in [0.05, 0.1) is 16.7 Å². The molecule has 27 heavy (non-hydrogen) atoms. The van der Waals surface area contributed by atoms with Gasteiger partial charge in [-0.25, -0.2) is 4.98 Å². The Labute approximate surface area is 164 Å². The van der Waals surface area contributed by atoms with Crippen molar-refractivity contribution in [1.29, 1.82) is 0 Å². The molecule has 142 valence electrons. The van der Waals surface area contributed by atoms with Crippen LogP contribution >= 0.6 is 11.3 Å². The van der Waals surface area contributed by atoms with Crippen molar-refractivity contribution in [1.82, 2.24) is 9.88 Å². The summed E-state index contributed by atoms with van der Waals surface area (Å²) in [6, 6.07) is 14.3. The van der Waals surface area contributed by atoms with E-state index in [0.717, 1.165) is 61.1 Å². The summed E-state index contributed by atoms with van der Waals surface area (Å²) in [5, 5.41) is 12.7. The number of rotatable bonds is 6. The second kappa shape index (κ2) is 8.38. The molecule has 1 N–H and O–H groups in total. The lowest BCUT2D eigenvalue weighted by atomic mass is 9.88. The van der Waals surface area contributed by atoms with Crippen LogP contribution < -0.4 is 0 Å². The molecular formula is C22H26N2O2S. The minimum atomic E-state index is -0.256. The largest absolute Gasteiger partial charge is 0.440 e. The van der Waals surface area contributed by atoms with Crippen LogP contribution in [0.5, 0.6) is 0 Å². The Morgan fingerprint density at radius 3 is 2.67 bits per heavy atom. The monoisotopic (exact) mass is 382 g/mol. The molecule has 0 amide bonds. The van der Waals surface area contributed by atoms with Crippen LogP contribution in [0.2, 0.25) is 0 Å². The molecule has 0 unspecified atom stereocenters. The Morgan fingerprint density at radius 1 is 1.19 bits per heavy atom. The van der Waals surface area contributed by atoms with Gasteiger partial charge in [-0.2, -0.15) is 0 Å². The number of aliphatic hydroxyl groups is 1. The van der Waals surface area contributed by atoms with Crippen LogP contribution in [0.4, 0.5) is 0 Å². The molecule has 1 fully saturated rings. The smallest absolute Gasteiger partial charge is 0.236 e. The van der Waals surface area contributed by atoms with E-state index in [0.29, 0.717) is 5.92 Å². The van der Waals surface area contributed by atoms with E-state index >= 15 is 0 Å². The number of benzene rings is 1. The number of aromatic nitrogens is 1. The summed E-state index contributed by atoms with van der Waals surface area (Å²) in [7, 11) is 0. The zero-order valence-corrected chi connectivity index (χ0v) is 16.5. The van der Waals surface area contributed by atoms with Gasteiger partial charge in [-0.1, -0.05) is 36.4 Å². The molecule has 1 saturated heterocycles. The molecule has 5 heteroatoms. The van der Waals surface area contributed by atoms with Crippen molar-refractivity contribution >= 4 is 11.3 Å². The number of thiophene rings is 1. The van der Waals surface area contributed by atoms with Crippen molar-refractivity contribution in [3.05, 3.63) is 64.9 Å². The SMILES string of the molecule is Cc1oc(-c2cccs2)nc1CN1CCC([C@H](O)Cc2ccccc2)CC1. The quantitative estimate of drug-likeness (QED) is 0.681. The van der Waals surface area contributed by atoms with Gasteiger partial charge in [0.25, 0.3) is 0 Å². The van der Waals surface area contributed by atoms with Gasteiger partial charge in [0.1, 0.15) is 5.76 Å². The molecule has 1 aromatic carbocycles. The molecule has 0 radical (unpaired) electrons. The first kappa shape index (κ1) is 18.4. The molecule has 2 aromatic heterocycles. The van der Waals surface area contributed by atoms with E-state index in [2.05, 4.69) is 17.0 Å². The van der Waals surface area contributed by atoms with Crippen LogP contribution in [0.15, 0.2) is 52.3 Å². The summed E-state index contributed by atoms with van der Waals surface area (Å²) in [6.45, 7) is 4.81. The van der Waals surface area contributed by atoms with Crippen LogP contribution in [-0.2, 0) is 13.0 Å². The average molecular weight is 383 g/mol. The Bertz CT molecular complexity index is 837. The lowest BCUT2D eigenvalue weighted by molar-refractivity contribution is 0.0572. The standard InChI is InChI=1S/C22H26N2O2S/c1-16-19(23-22(26-16)21-8-5-13-27-21)15-24-11-9-18(10-12-24)20(25)14-17-6-3-2-4-7-17/h2-8,13,18,20,25H,9-12,14-15H2,1H3/t20-/m1/s1. The molecule has 4 rings (SSSR count). The van der Waals surface area contributed by atoms with E-state index in [9.17, 15) is 5.11 Å². The van der Waals surface area contributed by atoms with Gasteiger partial charge in [-0.15, -0.1) is 11.3 Å². The fourth-order valence-electron chi connectivity index (χ4n) is 3.81. The zero-order chi connectivity index (χ0) is 18.6. The summed E-state index contributed by atoms with van der Waals surface area (Å²) in [4.78, 5) is 8.21. The van der Waals surface area contributed by atoms with Crippen LogP contribution in [0.25, 0.3) is 10.8 Å². The predicted molar refractivity (Wildman–Crippen MR) is 109 cm³/mol. The Kier molecular flexibility index (Phi) is 5.72. The second-order valence-corrected chi connectivity index (χ2v) is 8.32. The van der Waals surface area contributed by atoms with Crippen LogP contribution in [0.1, 0.15) is 29.9 Å². The Balaban J connectivity index is 1.31. The highest BCUT2D eigenvalue weighted by Gasteiger charge is 2.26. The number of hydrogen-bond donors (Lipinski definition) is 1. The van der Waals surface area contributed by atoms with Crippen molar-refractivity contribution in [2.24, 2.45) is 5.92 Å². The number of aryl methyl sites for hydroxylation is 1. The Morgan fingerprint density at radius 2 is 1.96 bits per heavy atom. The van der Waals surface area contributed by atoms with Gasteiger partial charge in [0.15, 0.2) is 0 Å². The van der Waals surface area contributed by atoms with E-state index in [1.54, 1.807) is 11.3 Å². The van der Waals surface area contributed by atoms with Crippen LogP contribution in [0, 0.1) is 12.8 Å². The molecule has 0 bridgehead atoms. The molecule has 0 saturated carbocycles. The number of hydrogen-bond acceptors (Lipinski definition) is 5. The highest BCUT2D eigenvalue weighted by Crippen LogP contribution is 2.28. The minimum absolute atomic E-state index is 0.256. The van der Waals surface area contributed by atoms with Crippen molar-refractivity contribution in [3.8, 4) is 10.8 Å². The van der Waals surface area contributed by atoms with E-state index in [-0.39, 0.29) is 6.10 Å². The molecule has 1 aliphatic rings. The number of nitrogens with zero attached hydrogens (tertiary/aromatic N) is 2. The first-order chi connectivity index (χ1) is 13.2. The first-order valence-corrected chi connectivity index (χ1v) is 10.5. The maximum absolute atomic E-state index is 10.6. The predicted octanol–water partition coefficient (Wildman–Crippen LogP) is 4.53. The molecule has 0 spiro atoms. The lowest BCUT2D eigenvalue weighted by Gasteiger charge is -2.34.